The van der Waals surface area contributed by atoms with Crippen molar-refractivity contribution in [3.63, 3.8) is 0 Å². The lowest BCUT2D eigenvalue weighted by atomic mass is 9.92. The van der Waals surface area contributed by atoms with Gasteiger partial charge in [-0.15, -0.1) is 0 Å². The average molecular weight is 657 g/mol. The number of aromatic nitrogens is 2. The van der Waals surface area contributed by atoms with Crippen LogP contribution in [0.1, 0.15) is 277 Å². The first-order valence-corrected chi connectivity index (χ1v) is 22.3. The van der Waals surface area contributed by atoms with Gasteiger partial charge in [0.1, 0.15) is 5.82 Å². The van der Waals surface area contributed by atoms with Crippen molar-refractivity contribution in [1.29, 1.82) is 0 Å². The fraction of sp³-hybridized carbons (Fsp3) is 0.933. The molecular formula is C45H88N2. The second kappa shape index (κ2) is 35.1. The van der Waals surface area contributed by atoms with Gasteiger partial charge in [-0.05, 0) is 26.2 Å². The van der Waals surface area contributed by atoms with Gasteiger partial charge in [0.15, 0.2) is 0 Å². The third-order valence-corrected chi connectivity index (χ3v) is 11.1. The average Bonchev–Trinajstić information content (AvgIpc) is 3.57. The lowest BCUT2D eigenvalue weighted by Crippen LogP contribution is -2.13. The number of imidazole rings is 1. The van der Waals surface area contributed by atoms with Crippen LogP contribution < -0.4 is 0 Å². The van der Waals surface area contributed by atoms with Gasteiger partial charge < -0.3 is 4.57 Å². The van der Waals surface area contributed by atoms with Gasteiger partial charge in [-0.25, -0.2) is 4.98 Å². The van der Waals surface area contributed by atoms with E-state index in [0.29, 0.717) is 12.0 Å². The lowest BCUT2D eigenvalue weighted by Gasteiger charge is -2.22. The van der Waals surface area contributed by atoms with E-state index in [1.54, 1.807) is 0 Å². The maximum atomic E-state index is 5.04. The molecule has 2 atom stereocenters. The summed E-state index contributed by atoms with van der Waals surface area (Å²) >= 11 is 0. The zero-order valence-corrected chi connectivity index (χ0v) is 33.2. The molecule has 0 aromatic carbocycles. The maximum absolute atomic E-state index is 5.04. The molecule has 1 rings (SSSR count). The highest BCUT2D eigenvalue weighted by Crippen LogP contribution is 2.31. The van der Waals surface area contributed by atoms with E-state index in [0.717, 1.165) is 0 Å². The fourth-order valence-electron chi connectivity index (χ4n) is 7.77. The van der Waals surface area contributed by atoms with Crippen LogP contribution in [0.15, 0.2) is 12.4 Å². The normalized spacial score (nSPS) is 13.0. The standard InChI is InChI=1S/C45H88N2/c1-5-8-11-14-17-20-22-23-25-28-31-34-37-40-44(39-36-33-30-27-24-21-18-15-12-9-6-2)45-46-41-42-47(45)43(4)38-35-32-29-26-19-16-13-10-7-3/h41-44H,5-40H2,1-4H3. The Hall–Kier alpha value is -0.790. The minimum Gasteiger partial charge on any atom is -0.332 e. The molecule has 0 N–H and O–H groups in total. The Kier molecular flexibility index (Phi) is 33.0. The van der Waals surface area contributed by atoms with Crippen LogP contribution in [-0.4, -0.2) is 9.55 Å². The molecule has 0 saturated carbocycles. The number of rotatable bonds is 38. The highest BCUT2D eigenvalue weighted by atomic mass is 15.1. The molecule has 2 unspecified atom stereocenters. The molecule has 0 radical (unpaired) electrons. The summed E-state index contributed by atoms with van der Waals surface area (Å²) < 4.78 is 2.59. The lowest BCUT2D eigenvalue weighted by molar-refractivity contribution is 0.412. The summed E-state index contributed by atoms with van der Waals surface area (Å²) in [5.41, 5.74) is 0. The Morgan fingerprint density at radius 2 is 0.681 bits per heavy atom. The van der Waals surface area contributed by atoms with Crippen LogP contribution in [-0.2, 0) is 0 Å². The molecule has 1 aromatic heterocycles. The van der Waals surface area contributed by atoms with Gasteiger partial charge >= 0.3 is 0 Å². The molecule has 0 spiro atoms. The molecule has 1 heterocycles. The number of hydrogen-bond donors (Lipinski definition) is 0. The molecule has 278 valence electrons. The minimum absolute atomic E-state index is 0.587. The maximum Gasteiger partial charge on any atom is 0.111 e. The van der Waals surface area contributed by atoms with Gasteiger partial charge in [0.05, 0.1) is 0 Å². The van der Waals surface area contributed by atoms with E-state index in [9.17, 15) is 0 Å². The van der Waals surface area contributed by atoms with Crippen LogP contribution in [0, 0.1) is 0 Å². The second-order valence-electron chi connectivity index (χ2n) is 15.7. The summed E-state index contributed by atoms with van der Waals surface area (Å²) in [5.74, 6) is 2.07. The molecule has 0 fully saturated rings. The van der Waals surface area contributed by atoms with Crippen LogP contribution in [0.2, 0.25) is 0 Å². The van der Waals surface area contributed by atoms with E-state index in [1.165, 1.54) is 237 Å². The van der Waals surface area contributed by atoms with Gasteiger partial charge in [-0.2, -0.15) is 0 Å². The third-order valence-electron chi connectivity index (χ3n) is 11.1. The first kappa shape index (κ1) is 44.2. The third kappa shape index (κ3) is 26.7. The monoisotopic (exact) mass is 657 g/mol. The predicted molar refractivity (Wildman–Crippen MR) is 213 cm³/mol. The Morgan fingerprint density at radius 3 is 1.00 bits per heavy atom. The van der Waals surface area contributed by atoms with E-state index in [-0.39, 0.29) is 0 Å². The van der Waals surface area contributed by atoms with Gasteiger partial charge in [0.2, 0.25) is 0 Å². The summed E-state index contributed by atoms with van der Waals surface area (Å²) in [4.78, 5) is 5.04. The highest BCUT2D eigenvalue weighted by molar-refractivity contribution is 5.02. The van der Waals surface area contributed by atoms with Crippen molar-refractivity contribution in [2.45, 2.75) is 271 Å². The zero-order valence-electron chi connectivity index (χ0n) is 33.2. The van der Waals surface area contributed by atoms with Crippen molar-refractivity contribution in [3.05, 3.63) is 18.2 Å². The topological polar surface area (TPSA) is 17.8 Å². The van der Waals surface area contributed by atoms with E-state index < -0.39 is 0 Å². The van der Waals surface area contributed by atoms with E-state index in [4.69, 9.17) is 4.98 Å². The Labute approximate surface area is 297 Å². The molecule has 47 heavy (non-hydrogen) atoms. The Morgan fingerprint density at radius 1 is 0.404 bits per heavy atom. The first-order valence-electron chi connectivity index (χ1n) is 22.3. The summed E-state index contributed by atoms with van der Waals surface area (Å²) in [6, 6.07) is 0.587. The summed E-state index contributed by atoms with van der Waals surface area (Å²) in [7, 11) is 0. The van der Waals surface area contributed by atoms with Gasteiger partial charge in [-0.1, -0.05) is 233 Å². The van der Waals surface area contributed by atoms with Crippen molar-refractivity contribution < 1.29 is 0 Å². The van der Waals surface area contributed by atoms with E-state index in [2.05, 4.69) is 44.7 Å². The zero-order chi connectivity index (χ0) is 33.9. The molecule has 0 aliphatic heterocycles. The summed E-state index contributed by atoms with van der Waals surface area (Å²) in [6.45, 7) is 9.40. The number of nitrogens with zero attached hydrogens (tertiary/aromatic N) is 2. The van der Waals surface area contributed by atoms with Crippen LogP contribution in [0.3, 0.4) is 0 Å². The number of unbranched alkanes of at least 4 members (excludes halogenated alkanes) is 30. The SMILES string of the molecule is CCCCCCCCCCCCCCCC(CCCCCCCCCCCCC)c1nccn1C(C)CCCCCCCCCCC. The Balaban J connectivity index is 2.40. The van der Waals surface area contributed by atoms with Crippen molar-refractivity contribution in [2.24, 2.45) is 0 Å². The molecule has 0 saturated heterocycles. The van der Waals surface area contributed by atoms with Crippen LogP contribution in [0.25, 0.3) is 0 Å². The fourth-order valence-corrected chi connectivity index (χ4v) is 7.77. The van der Waals surface area contributed by atoms with Crippen LogP contribution >= 0.6 is 0 Å². The highest BCUT2D eigenvalue weighted by Gasteiger charge is 2.19. The van der Waals surface area contributed by atoms with Gasteiger partial charge in [-0.3, -0.25) is 0 Å². The van der Waals surface area contributed by atoms with Crippen molar-refractivity contribution >= 4 is 0 Å². The molecule has 2 nitrogen and oxygen atoms in total. The molecule has 0 amide bonds. The van der Waals surface area contributed by atoms with Crippen LogP contribution in [0.4, 0.5) is 0 Å². The molecule has 0 bridgehead atoms. The molecule has 0 aliphatic carbocycles. The van der Waals surface area contributed by atoms with Crippen LogP contribution in [0.5, 0.6) is 0 Å². The smallest absolute Gasteiger partial charge is 0.111 e. The van der Waals surface area contributed by atoms with Gasteiger partial charge in [0, 0.05) is 24.4 Å². The second-order valence-corrected chi connectivity index (χ2v) is 15.7. The number of hydrogen-bond acceptors (Lipinski definition) is 1. The molecule has 2 heteroatoms. The quantitative estimate of drug-likeness (QED) is 0.0648. The summed E-state index contributed by atoms with van der Waals surface area (Å²) in [5, 5.41) is 0. The summed E-state index contributed by atoms with van der Waals surface area (Å²) in [6.07, 6.45) is 55.6. The van der Waals surface area contributed by atoms with Crippen molar-refractivity contribution in [1.82, 2.24) is 9.55 Å². The minimum atomic E-state index is 0.587. The first-order chi connectivity index (χ1) is 23.2. The molecule has 1 aromatic rings. The predicted octanol–water partition coefficient (Wildman–Crippen LogP) is 16.6. The largest absolute Gasteiger partial charge is 0.332 e. The Bertz CT molecular complexity index is 723. The van der Waals surface area contributed by atoms with E-state index in [1.807, 2.05) is 0 Å². The van der Waals surface area contributed by atoms with Crippen molar-refractivity contribution in [2.75, 3.05) is 0 Å². The van der Waals surface area contributed by atoms with E-state index >= 15 is 0 Å². The molecular weight excluding hydrogens is 569 g/mol. The van der Waals surface area contributed by atoms with Gasteiger partial charge in [0.25, 0.3) is 0 Å². The van der Waals surface area contributed by atoms with Crippen molar-refractivity contribution in [3.8, 4) is 0 Å². The molecule has 0 aliphatic rings.